The summed E-state index contributed by atoms with van der Waals surface area (Å²) < 4.78 is 34.2. The Kier molecular flexibility index (Phi) is 5.21. The summed E-state index contributed by atoms with van der Waals surface area (Å²) >= 11 is 1.51. The highest BCUT2D eigenvalue weighted by molar-refractivity contribution is 7.99. The molecule has 0 fully saturated rings. The molecule has 0 radical (unpaired) electrons. The predicted molar refractivity (Wildman–Crippen MR) is 120 cm³/mol. The fourth-order valence-corrected chi connectivity index (χ4v) is 4.37. The first-order chi connectivity index (χ1) is 15.9. The van der Waals surface area contributed by atoms with Crippen LogP contribution in [0.25, 0.3) is 16.9 Å². The van der Waals surface area contributed by atoms with Crippen molar-refractivity contribution in [3.8, 4) is 17.0 Å². The van der Waals surface area contributed by atoms with Crippen molar-refractivity contribution in [1.82, 2.24) is 24.4 Å². The molecule has 4 heterocycles. The van der Waals surface area contributed by atoms with E-state index in [2.05, 4.69) is 32.4 Å². The van der Waals surface area contributed by atoms with Crippen LogP contribution in [0.15, 0.2) is 60.2 Å². The smallest absolute Gasteiger partial charge is 0.387 e. The molecule has 168 valence electrons. The number of aromatic nitrogens is 5. The van der Waals surface area contributed by atoms with Gasteiger partial charge in [0.15, 0.2) is 5.65 Å². The van der Waals surface area contributed by atoms with Crippen molar-refractivity contribution in [2.45, 2.75) is 11.5 Å². The third-order valence-corrected chi connectivity index (χ3v) is 6.01. The minimum atomic E-state index is -3.03. The number of benzene rings is 1. The van der Waals surface area contributed by atoms with Gasteiger partial charge in [0.1, 0.15) is 17.0 Å². The van der Waals surface area contributed by atoms with Gasteiger partial charge in [-0.25, -0.2) is 9.50 Å². The van der Waals surface area contributed by atoms with Crippen molar-refractivity contribution in [3.05, 3.63) is 60.8 Å². The summed E-state index contributed by atoms with van der Waals surface area (Å²) in [6.45, 7) is 0.850. The highest BCUT2D eigenvalue weighted by Crippen LogP contribution is 2.44. The highest BCUT2D eigenvalue weighted by Gasteiger charge is 2.24. The normalized spacial score (nSPS) is 13.2. The predicted octanol–water partition coefficient (Wildman–Crippen LogP) is 4.01. The molecule has 1 aliphatic heterocycles. The van der Waals surface area contributed by atoms with E-state index in [-0.39, 0.29) is 11.3 Å². The lowest BCUT2D eigenvalue weighted by molar-refractivity contribution is -0.0494. The lowest BCUT2D eigenvalue weighted by Gasteiger charge is -2.22. The van der Waals surface area contributed by atoms with E-state index >= 15 is 0 Å². The van der Waals surface area contributed by atoms with Gasteiger partial charge in [0, 0.05) is 53.6 Å². The van der Waals surface area contributed by atoms with Crippen LogP contribution in [-0.2, 0) is 7.05 Å². The number of rotatable bonds is 5. The lowest BCUT2D eigenvalue weighted by atomic mass is 10.1. The number of hydrogen-bond donors (Lipinski definition) is 2. The molecule has 33 heavy (non-hydrogen) atoms. The minimum Gasteiger partial charge on any atom is -0.434 e. The van der Waals surface area contributed by atoms with E-state index in [9.17, 15) is 13.6 Å². The standard InChI is InChI=1S/C21H17F2N7O2S/c1-11-10-33-17-6-12(16(32-21(22)23)7-14(17)26-11)18-15(9-29(2)28-18)27-20(31)13-8-25-30-5-3-4-24-19(13)30/h3-9,21,26H,1,10H2,2H3,(H,27,31). The van der Waals surface area contributed by atoms with Crippen LogP contribution < -0.4 is 15.4 Å². The number of nitrogens with zero attached hydrogens (tertiary/aromatic N) is 5. The fourth-order valence-electron chi connectivity index (χ4n) is 3.50. The van der Waals surface area contributed by atoms with Gasteiger partial charge in [0.05, 0.1) is 17.6 Å². The lowest BCUT2D eigenvalue weighted by Crippen LogP contribution is -2.13. The monoisotopic (exact) mass is 469 g/mol. The second kappa shape index (κ2) is 8.20. The Balaban J connectivity index is 1.56. The molecule has 0 atom stereocenters. The van der Waals surface area contributed by atoms with Crippen molar-refractivity contribution in [1.29, 1.82) is 0 Å². The Morgan fingerprint density at radius 3 is 3.06 bits per heavy atom. The summed E-state index contributed by atoms with van der Waals surface area (Å²) in [7, 11) is 1.67. The fraction of sp³-hybridized carbons (Fsp3) is 0.143. The molecule has 0 saturated heterocycles. The number of hydrogen-bond acceptors (Lipinski definition) is 7. The molecule has 0 bridgehead atoms. The number of halogens is 2. The van der Waals surface area contributed by atoms with Gasteiger partial charge in [-0.05, 0) is 12.1 Å². The quantitative estimate of drug-likeness (QED) is 0.456. The number of ether oxygens (including phenoxy) is 1. The molecule has 0 saturated carbocycles. The number of carbonyl (C=O) groups is 1. The number of amides is 1. The first-order valence-electron chi connectivity index (χ1n) is 9.73. The number of nitrogens with one attached hydrogen (secondary N) is 2. The third-order valence-electron chi connectivity index (χ3n) is 4.87. The maximum atomic E-state index is 13.2. The average molecular weight is 469 g/mol. The SMILES string of the molecule is C=C1CSc2cc(-c3nn(C)cc3NC(=O)c3cnn4cccnc34)c(OC(F)F)cc2N1. The van der Waals surface area contributed by atoms with Crippen molar-refractivity contribution in [2.75, 3.05) is 16.4 Å². The number of thioether (sulfide) groups is 1. The molecule has 2 N–H and O–H groups in total. The third kappa shape index (κ3) is 4.00. The summed E-state index contributed by atoms with van der Waals surface area (Å²) in [6, 6.07) is 4.90. The van der Waals surface area contributed by atoms with Gasteiger partial charge >= 0.3 is 6.61 Å². The minimum absolute atomic E-state index is 0.0709. The van der Waals surface area contributed by atoms with E-state index < -0.39 is 12.5 Å². The molecule has 5 rings (SSSR count). The van der Waals surface area contributed by atoms with E-state index in [0.29, 0.717) is 34.0 Å². The average Bonchev–Trinajstić information content (AvgIpc) is 3.36. The maximum absolute atomic E-state index is 13.2. The van der Waals surface area contributed by atoms with Gasteiger partial charge in [-0.3, -0.25) is 9.48 Å². The van der Waals surface area contributed by atoms with Crippen LogP contribution in [0.3, 0.4) is 0 Å². The summed E-state index contributed by atoms with van der Waals surface area (Å²) in [5.41, 5.74) is 2.97. The Morgan fingerprint density at radius 1 is 1.39 bits per heavy atom. The topological polar surface area (TPSA) is 98.4 Å². The molecule has 4 aromatic rings. The van der Waals surface area contributed by atoms with Crippen LogP contribution in [0.5, 0.6) is 5.75 Å². The maximum Gasteiger partial charge on any atom is 0.387 e. The molecule has 1 amide bonds. The van der Waals surface area contributed by atoms with Crippen molar-refractivity contribution >= 4 is 34.7 Å². The van der Waals surface area contributed by atoms with Gasteiger partial charge in [0.2, 0.25) is 0 Å². The summed E-state index contributed by atoms with van der Waals surface area (Å²) in [5.74, 6) is 0.104. The van der Waals surface area contributed by atoms with Gasteiger partial charge in [0.25, 0.3) is 5.91 Å². The van der Waals surface area contributed by atoms with E-state index in [1.54, 1.807) is 37.8 Å². The molecule has 0 aliphatic carbocycles. The first-order valence-corrected chi connectivity index (χ1v) is 10.7. The molecule has 12 heteroatoms. The summed E-state index contributed by atoms with van der Waals surface area (Å²) in [5, 5.41) is 14.4. The highest BCUT2D eigenvalue weighted by atomic mass is 32.2. The number of fused-ring (bicyclic) bond motifs is 2. The van der Waals surface area contributed by atoms with Crippen molar-refractivity contribution in [3.63, 3.8) is 0 Å². The molecule has 3 aromatic heterocycles. The number of anilines is 2. The summed E-state index contributed by atoms with van der Waals surface area (Å²) in [6.07, 6.45) is 6.24. The zero-order chi connectivity index (χ0) is 23.1. The van der Waals surface area contributed by atoms with Crippen molar-refractivity contribution in [2.24, 2.45) is 7.05 Å². The van der Waals surface area contributed by atoms with Crippen molar-refractivity contribution < 1.29 is 18.3 Å². The van der Waals surface area contributed by atoms with Crippen LogP contribution in [0.4, 0.5) is 20.2 Å². The van der Waals surface area contributed by atoms with Crippen LogP contribution in [0.1, 0.15) is 10.4 Å². The molecule has 1 aliphatic rings. The van der Waals surface area contributed by atoms with Crippen LogP contribution >= 0.6 is 11.8 Å². The molecular weight excluding hydrogens is 452 g/mol. The molecule has 9 nitrogen and oxygen atoms in total. The van der Waals surface area contributed by atoms with Gasteiger partial charge in [-0.2, -0.15) is 19.0 Å². The van der Waals surface area contributed by atoms with Gasteiger partial charge < -0.3 is 15.4 Å². The van der Waals surface area contributed by atoms with E-state index in [1.165, 1.54) is 33.2 Å². The number of carbonyl (C=O) groups excluding carboxylic acids is 1. The summed E-state index contributed by atoms with van der Waals surface area (Å²) in [4.78, 5) is 18.0. The van der Waals surface area contributed by atoms with Gasteiger partial charge in [-0.15, -0.1) is 11.8 Å². The van der Waals surface area contributed by atoms with Crippen LogP contribution in [0.2, 0.25) is 0 Å². The second-order valence-electron chi connectivity index (χ2n) is 7.21. The zero-order valence-corrected chi connectivity index (χ0v) is 18.1. The Labute approximate surface area is 190 Å². The largest absolute Gasteiger partial charge is 0.434 e. The van der Waals surface area contributed by atoms with Gasteiger partial charge in [-0.1, -0.05) is 6.58 Å². The molecular formula is C21H17F2N7O2S. The Bertz CT molecular complexity index is 1400. The zero-order valence-electron chi connectivity index (χ0n) is 17.2. The molecule has 1 aromatic carbocycles. The first kappa shape index (κ1) is 20.9. The van der Waals surface area contributed by atoms with E-state index in [4.69, 9.17) is 4.74 Å². The molecule has 0 unspecified atom stereocenters. The van der Waals surface area contributed by atoms with E-state index in [0.717, 1.165) is 10.6 Å². The van der Waals surface area contributed by atoms with Crippen LogP contribution in [-0.4, -0.2) is 42.7 Å². The second-order valence-corrected chi connectivity index (χ2v) is 8.22. The Morgan fingerprint density at radius 2 is 2.24 bits per heavy atom. The Hall–Kier alpha value is -3.93. The van der Waals surface area contributed by atoms with E-state index in [1.807, 2.05) is 0 Å². The molecule has 0 spiro atoms. The number of aryl methyl sites for hydroxylation is 1. The van der Waals surface area contributed by atoms with Crippen LogP contribution in [0, 0.1) is 0 Å². The number of alkyl halides is 2.